The molecule has 2 atom stereocenters. The van der Waals surface area contributed by atoms with E-state index >= 15 is 0 Å². The van der Waals surface area contributed by atoms with Crippen molar-refractivity contribution in [2.75, 3.05) is 18.9 Å². The molecule has 1 aliphatic heterocycles. The summed E-state index contributed by atoms with van der Waals surface area (Å²) in [5.74, 6) is 0.964. The lowest BCUT2D eigenvalue weighted by atomic mass is 9.92. The fraction of sp³-hybridized carbons (Fsp3) is 0.667. The summed E-state index contributed by atoms with van der Waals surface area (Å²) in [4.78, 5) is 7.18. The van der Waals surface area contributed by atoms with Crippen molar-refractivity contribution in [2.24, 2.45) is 5.92 Å². The average Bonchev–Trinajstić information content (AvgIpc) is 2.88. The molecule has 1 saturated carbocycles. The summed E-state index contributed by atoms with van der Waals surface area (Å²) in [5, 5.41) is 3.19. The lowest BCUT2D eigenvalue weighted by Gasteiger charge is -2.37. The molecule has 1 aromatic rings. The molecule has 98 valence electrons. The van der Waals surface area contributed by atoms with Gasteiger partial charge in [-0.3, -0.25) is 9.88 Å². The van der Waals surface area contributed by atoms with Gasteiger partial charge in [0, 0.05) is 31.5 Å². The van der Waals surface area contributed by atoms with Crippen molar-refractivity contribution in [1.82, 2.24) is 9.88 Å². The number of hydrogen-bond acceptors (Lipinski definition) is 3. The highest BCUT2D eigenvalue weighted by atomic mass is 15.2. The summed E-state index contributed by atoms with van der Waals surface area (Å²) in [6.45, 7) is 2.28. The number of fused-ring (bicyclic) bond motifs is 1. The molecule has 0 radical (unpaired) electrons. The molecule has 1 aliphatic carbocycles. The second kappa shape index (κ2) is 5.27. The van der Waals surface area contributed by atoms with Crippen LogP contribution in [0.4, 0.5) is 5.69 Å². The first-order valence-electron chi connectivity index (χ1n) is 7.23. The molecule has 0 bridgehead atoms. The zero-order chi connectivity index (χ0) is 12.4. The molecule has 3 heteroatoms. The van der Waals surface area contributed by atoms with Gasteiger partial charge in [0.25, 0.3) is 0 Å². The van der Waals surface area contributed by atoms with E-state index in [9.17, 15) is 0 Å². The molecule has 2 aliphatic rings. The Bertz CT molecular complexity index is 404. The standard InChI is InChI=1S/C15H23N3/c1-16-13-7-8-17-14(10-13)11-18-9-3-5-12-4-2-6-15(12)18/h7-8,10,12,15H,2-6,9,11H2,1H3,(H,16,17). The number of rotatable bonds is 3. The van der Waals surface area contributed by atoms with Crippen LogP contribution in [-0.2, 0) is 6.54 Å². The molecule has 1 N–H and O–H groups in total. The van der Waals surface area contributed by atoms with Gasteiger partial charge in [0.1, 0.15) is 0 Å². The predicted octanol–water partition coefficient (Wildman–Crippen LogP) is 2.89. The van der Waals surface area contributed by atoms with E-state index in [0.717, 1.165) is 18.5 Å². The molecule has 1 aromatic heterocycles. The Balaban J connectivity index is 1.70. The van der Waals surface area contributed by atoms with Crippen LogP contribution >= 0.6 is 0 Å². The van der Waals surface area contributed by atoms with E-state index in [1.54, 1.807) is 0 Å². The highest BCUT2D eigenvalue weighted by Crippen LogP contribution is 2.37. The third-order valence-corrected chi connectivity index (χ3v) is 4.58. The molecule has 0 amide bonds. The maximum absolute atomic E-state index is 4.51. The van der Waals surface area contributed by atoms with Crippen LogP contribution in [0.1, 0.15) is 37.8 Å². The van der Waals surface area contributed by atoms with Gasteiger partial charge in [-0.15, -0.1) is 0 Å². The molecule has 0 spiro atoms. The molecular weight excluding hydrogens is 222 g/mol. The number of nitrogens with one attached hydrogen (secondary N) is 1. The number of piperidine rings is 1. The van der Waals surface area contributed by atoms with Crippen LogP contribution in [0, 0.1) is 5.92 Å². The Kier molecular flexibility index (Phi) is 3.50. The Hall–Kier alpha value is -1.09. The van der Waals surface area contributed by atoms with Crippen LogP contribution < -0.4 is 5.32 Å². The van der Waals surface area contributed by atoms with E-state index in [1.165, 1.54) is 50.0 Å². The van der Waals surface area contributed by atoms with E-state index < -0.39 is 0 Å². The highest BCUT2D eigenvalue weighted by Gasteiger charge is 2.34. The minimum atomic E-state index is 0.832. The smallest absolute Gasteiger partial charge is 0.0564 e. The fourth-order valence-electron chi connectivity index (χ4n) is 3.68. The maximum atomic E-state index is 4.51. The SMILES string of the molecule is CNc1ccnc(CN2CCCC3CCCC32)c1. The highest BCUT2D eigenvalue weighted by molar-refractivity contribution is 5.42. The van der Waals surface area contributed by atoms with Gasteiger partial charge < -0.3 is 5.32 Å². The molecule has 0 aromatic carbocycles. The van der Waals surface area contributed by atoms with Crippen LogP contribution in [0.3, 0.4) is 0 Å². The summed E-state index contributed by atoms with van der Waals surface area (Å²) >= 11 is 0. The van der Waals surface area contributed by atoms with Crippen LogP contribution in [-0.4, -0.2) is 29.5 Å². The fourth-order valence-corrected chi connectivity index (χ4v) is 3.68. The van der Waals surface area contributed by atoms with Crippen LogP contribution in [0.2, 0.25) is 0 Å². The zero-order valence-corrected chi connectivity index (χ0v) is 11.2. The van der Waals surface area contributed by atoms with E-state index in [0.29, 0.717) is 0 Å². The Morgan fingerprint density at radius 3 is 3.11 bits per heavy atom. The summed E-state index contributed by atoms with van der Waals surface area (Å²) in [5.41, 5.74) is 2.37. The summed E-state index contributed by atoms with van der Waals surface area (Å²) < 4.78 is 0. The van der Waals surface area contributed by atoms with E-state index in [4.69, 9.17) is 0 Å². The summed E-state index contributed by atoms with van der Waals surface area (Å²) in [7, 11) is 1.97. The van der Waals surface area contributed by atoms with Crippen LogP contribution in [0.15, 0.2) is 18.3 Å². The van der Waals surface area contributed by atoms with Crippen molar-refractivity contribution in [3.05, 3.63) is 24.0 Å². The second-order valence-corrected chi connectivity index (χ2v) is 5.66. The third-order valence-electron chi connectivity index (χ3n) is 4.58. The van der Waals surface area contributed by atoms with E-state index in [2.05, 4.69) is 21.3 Å². The monoisotopic (exact) mass is 245 g/mol. The van der Waals surface area contributed by atoms with Gasteiger partial charge in [0.05, 0.1) is 5.69 Å². The largest absolute Gasteiger partial charge is 0.388 e. The van der Waals surface area contributed by atoms with Gasteiger partial charge in [-0.2, -0.15) is 0 Å². The van der Waals surface area contributed by atoms with Crippen LogP contribution in [0.25, 0.3) is 0 Å². The Morgan fingerprint density at radius 1 is 1.33 bits per heavy atom. The first-order chi connectivity index (χ1) is 8.86. The molecule has 1 saturated heterocycles. The number of pyridine rings is 1. The van der Waals surface area contributed by atoms with Gasteiger partial charge >= 0.3 is 0 Å². The lowest BCUT2D eigenvalue weighted by molar-refractivity contribution is 0.104. The van der Waals surface area contributed by atoms with Gasteiger partial charge in [-0.25, -0.2) is 0 Å². The van der Waals surface area contributed by atoms with Gasteiger partial charge in [-0.05, 0) is 50.3 Å². The molecule has 3 nitrogen and oxygen atoms in total. The molecule has 2 fully saturated rings. The quantitative estimate of drug-likeness (QED) is 0.887. The maximum Gasteiger partial charge on any atom is 0.0564 e. The second-order valence-electron chi connectivity index (χ2n) is 5.66. The first-order valence-corrected chi connectivity index (χ1v) is 7.23. The van der Waals surface area contributed by atoms with Crippen molar-refractivity contribution in [2.45, 2.75) is 44.7 Å². The molecular formula is C15H23N3. The topological polar surface area (TPSA) is 28.2 Å². The minimum absolute atomic E-state index is 0.832. The third kappa shape index (κ3) is 2.37. The Morgan fingerprint density at radius 2 is 2.22 bits per heavy atom. The van der Waals surface area contributed by atoms with Crippen molar-refractivity contribution in [1.29, 1.82) is 0 Å². The van der Waals surface area contributed by atoms with Gasteiger partial charge in [0.15, 0.2) is 0 Å². The number of anilines is 1. The number of likely N-dealkylation sites (tertiary alicyclic amines) is 1. The molecule has 2 unspecified atom stereocenters. The van der Waals surface area contributed by atoms with Crippen LogP contribution in [0.5, 0.6) is 0 Å². The van der Waals surface area contributed by atoms with Crippen molar-refractivity contribution in [3.63, 3.8) is 0 Å². The lowest BCUT2D eigenvalue weighted by Crippen LogP contribution is -2.42. The Labute approximate surface area is 110 Å². The minimum Gasteiger partial charge on any atom is -0.388 e. The number of nitrogens with zero attached hydrogens (tertiary/aromatic N) is 2. The van der Waals surface area contributed by atoms with E-state index in [1.807, 2.05) is 19.3 Å². The van der Waals surface area contributed by atoms with Crippen molar-refractivity contribution < 1.29 is 0 Å². The summed E-state index contributed by atoms with van der Waals surface area (Å²) in [6.07, 6.45) is 9.01. The predicted molar refractivity (Wildman–Crippen MR) is 74.6 cm³/mol. The first kappa shape index (κ1) is 12.0. The average molecular weight is 245 g/mol. The van der Waals surface area contributed by atoms with E-state index in [-0.39, 0.29) is 0 Å². The van der Waals surface area contributed by atoms with Crippen molar-refractivity contribution >= 4 is 5.69 Å². The van der Waals surface area contributed by atoms with Gasteiger partial charge in [-0.1, -0.05) is 6.42 Å². The zero-order valence-electron chi connectivity index (χ0n) is 11.2. The number of aromatic nitrogens is 1. The summed E-state index contributed by atoms with van der Waals surface area (Å²) in [6, 6.07) is 5.04. The molecule has 2 heterocycles. The molecule has 18 heavy (non-hydrogen) atoms. The van der Waals surface area contributed by atoms with Gasteiger partial charge in [0.2, 0.25) is 0 Å². The number of hydrogen-bond donors (Lipinski definition) is 1. The van der Waals surface area contributed by atoms with Crippen molar-refractivity contribution in [3.8, 4) is 0 Å². The normalized spacial score (nSPS) is 28.1. The molecule has 3 rings (SSSR count).